The number of nitrogens with two attached hydrogens (primary N) is 2. The van der Waals surface area contributed by atoms with Crippen molar-refractivity contribution in [1.29, 1.82) is 0 Å². The maximum atomic E-state index is 7.17. The molecule has 42 heavy (non-hydrogen) atoms. The first kappa shape index (κ1) is 27.1. The van der Waals surface area contributed by atoms with Gasteiger partial charge in [-0.15, -0.1) is 0 Å². The third kappa shape index (κ3) is 4.97. The summed E-state index contributed by atoms with van der Waals surface area (Å²) in [5.41, 5.74) is 31.0. The molecule has 0 amide bonds. The highest BCUT2D eigenvalue weighted by Gasteiger charge is 2.26. The molecule has 0 aliphatic carbocycles. The number of rotatable bonds is 5. The average molecular weight is 545 g/mol. The fourth-order valence-corrected chi connectivity index (χ4v) is 5.79. The second-order valence-corrected chi connectivity index (χ2v) is 11.3. The Kier molecular flexibility index (Phi) is 7.14. The van der Waals surface area contributed by atoms with Crippen LogP contribution in [0.1, 0.15) is 22.3 Å². The van der Waals surface area contributed by atoms with Gasteiger partial charge >= 0.3 is 0 Å². The van der Waals surface area contributed by atoms with Crippen molar-refractivity contribution < 1.29 is 0 Å². The molecule has 6 rings (SSSR count). The van der Waals surface area contributed by atoms with Crippen molar-refractivity contribution in [1.82, 2.24) is 0 Å². The summed E-state index contributed by atoms with van der Waals surface area (Å²) >= 11 is 0. The highest BCUT2D eigenvalue weighted by Crippen LogP contribution is 2.53. The molecule has 0 atom stereocenters. The van der Waals surface area contributed by atoms with E-state index in [9.17, 15) is 0 Å². The van der Waals surface area contributed by atoms with E-state index in [0.717, 1.165) is 55.6 Å². The molecule has 0 spiro atoms. The van der Waals surface area contributed by atoms with E-state index < -0.39 is 0 Å². The zero-order chi connectivity index (χ0) is 29.4. The van der Waals surface area contributed by atoms with Gasteiger partial charge < -0.3 is 11.5 Å². The van der Waals surface area contributed by atoms with Crippen LogP contribution in [0.25, 0.3) is 55.6 Å². The molecule has 0 saturated heterocycles. The Bertz CT molecular complexity index is 1880. The summed E-state index contributed by atoms with van der Waals surface area (Å²) in [7, 11) is 0. The average Bonchev–Trinajstić information content (AvgIpc) is 3.00. The molecular formula is C40H36N2. The van der Waals surface area contributed by atoms with Crippen molar-refractivity contribution in [2.45, 2.75) is 27.7 Å². The number of aryl methyl sites for hydroxylation is 4. The lowest BCUT2D eigenvalue weighted by atomic mass is 9.79. The van der Waals surface area contributed by atoms with Gasteiger partial charge in [-0.2, -0.15) is 0 Å². The molecule has 0 saturated carbocycles. The molecule has 6 aromatic carbocycles. The van der Waals surface area contributed by atoms with Crippen molar-refractivity contribution in [2.75, 3.05) is 11.5 Å². The van der Waals surface area contributed by atoms with E-state index in [4.69, 9.17) is 11.5 Å². The Hall–Kier alpha value is -5.08. The van der Waals surface area contributed by atoms with Crippen molar-refractivity contribution in [2.24, 2.45) is 0 Å². The largest absolute Gasteiger partial charge is 0.397 e. The highest BCUT2D eigenvalue weighted by molar-refractivity contribution is 6.13. The van der Waals surface area contributed by atoms with E-state index in [1.54, 1.807) is 0 Å². The van der Waals surface area contributed by atoms with E-state index in [-0.39, 0.29) is 0 Å². The monoisotopic (exact) mass is 544 g/mol. The topological polar surface area (TPSA) is 52.0 Å². The van der Waals surface area contributed by atoms with Crippen molar-refractivity contribution >= 4 is 11.4 Å². The molecule has 0 fully saturated rings. The Morgan fingerprint density at radius 2 is 0.619 bits per heavy atom. The third-order valence-electron chi connectivity index (χ3n) is 8.16. The van der Waals surface area contributed by atoms with Gasteiger partial charge in [0.1, 0.15) is 0 Å². The van der Waals surface area contributed by atoms with E-state index in [0.29, 0.717) is 11.4 Å². The molecule has 0 aliphatic heterocycles. The Labute approximate surface area is 249 Å². The standard InChI is InChI=1S/C40H36N2/c1-25-9-17-29(18-10-25)33-7-5-6-8-34(33)38-36(31-21-13-27(3)14-22-31)35(30-19-11-26(2)12-20-30)37(39(41)40(38)42)32-23-15-28(4)16-24-32/h5-24H,41-42H2,1-4H3. The van der Waals surface area contributed by atoms with Gasteiger partial charge in [-0.05, 0) is 61.1 Å². The van der Waals surface area contributed by atoms with Crippen molar-refractivity contribution in [3.05, 3.63) is 144 Å². The quantitative estimate of drug-likeness (QED) is 0.212. The summed E-state index contributed by atoms with van der Waals surface area (Å²) in [6.07, 6.45) is 0. The lowest BCUT2D eigenvalue weighted by Crippen LogP contribution is -2.06. The lowest BCUT2D eigenvalue weighted by Gasteiger charge is -2.26. The van der Waals surface area contributed by atoms with Gasteiger partial charge in [0.2, 0.25) is 0 Å². The van der Waals surface area contributed by atoms with Gasteiger partial charge in [-0.3, -0.25) is 0 Å². The predicted molar refractivity (Wildman–Crippen MR) is 181 cm³/mol. The Morgan fingerprint density at radius 1 is 0.310 bits per heavy atom. The summed E-state index contributed by atoms with van der Waals surface area (Å²) < 4.78 is 0. The van der Waals surface area contributed by atoms with Crippen LogP contribution in [0, 0.1) is 27.7 Å². The molecule has 2 heteroatoms. The molecule has 206 valence electrons. The van der Waals surface area contributed by atoms with Gasteiger partial charge in [-0.25, -0.2) is 0 Å². The third-order valence-corrected chi connectivity index (χ3v) is 8.16. The molecule has 0 heterocycles. The van der Waals surface area contributed by atoms with E-state index in [1.165, 1.54) is 22.3 Å². The number of benzene rings is 6. The minimum Gasteiger partial charge on any atom is -0.397 e. The predicted octanol–water partition coefficient (Wildman–Crippen LogP) is 10.4. The Balaban J connectivity index is 1.80. The van der Waals surface area contributed by atoms with Gasteiger partial charge in [0.05, 0.1) is 11.4 Å². The molecule has 4 N–H and O–H groups in total. The summed E-state index contributed by atoms with van der Waals surface area (Å²) in [5.74, 6) is 0. The zero-order valence-corrected chi connectivity index (χ0v) is 24.7. The summed E-state index contributed by atoms with van der Waals surface area (Å²) in [6, 6.07) is 43.2. The van der Waals surface area contributed by atoms with Gasteiger partial charge in [-0.1, -0.05) is 144 Å². The molecular weight excluding hydrogens is 508 g/mol. The number of hydrogen-bond acceptors (Lipinski definition) is 2. The summed E-state index contributed by atoms with van der Waals surface area (Å²) in [5, 5.41) is 0. The van der Waals surface area contributed by atoms with Crippen LogP contribution in [0.2, 0.25) is 0 Å². The smallest absolute Gasteiger partial charge is 0.0640 e. The van der Waals surface area contributed by atoms with Gasteiger partial charge in [0.25, 0.3) is 0 Å². The number of hydrogen-bond donors (Lipinski definition) is 2. The van der Waals surface area contributed by atoms with Crippen LogP contribution in [0.15, 0.2) is 121 Å². The second kappa shape index (κ2) is 11.1. The van der Waals surface area contributed by atoms with Crippen LogP contribution in [0.5, 0.6) is 0 Å². The maximum Gasteiger partial charge on any atom is 0.0640 e. The normalized spacial score (nSPS) is 11.0. The van der Waals surface area contributed by atoms with Crippen LogP contribution in [-0.4, -0.2) is 0 Å². The van der Waals surface area contributed by atoms with Gasteiger partial charge in [0.15, 0.2) is 0 Å². The van der Waals surface area contributed by atoms with E-state index >= 15 is 0 Å². The molecule has 0 unspecified atom stereocenters. The van der Waals surface area contributed by atoms with Gasteiger partial charge in [0, 0.05) is 22.3 Å². The second-order valence-electron chi connectivity index (χ2n) is 11.3. The fraction of sp³-hybridized carbons (Fsp3) is 0.100. The van der Waals surface area contributed by atoms with Crippen molar-refractivity contribution in [3.63, 3.8) is 0 Å². The first-order valence-corrected chi connectivity index (χ1v) is 14.4. The molecule has 0 aromatic heterocycles. The van der Waals surface area contributed by atoms with Crippen LogP contribution < -0.4 is 11.5 Å². The molecule has 0 aliphatic rings. The Morgan fingerprint density at radius 3 is 1.05 bits per heavy atom. The molecule has 6 aromatic rings. The van der Waals surface area contributed by atoms with E-state index in [2.05, 4.69) is 149 Å². The van der Waals surface area contributed by atoms with Crippen LogP contribution in [-0.2, 0) is 0 Å². The molecule has 0 bridgehead atoms. The highest BCUT2D eigenvalue weighted by atomic mass is 14.7. The van der Waals surface area contributed by atoms with E-state index in [1.807, 2.05) is 0 Å². The number of anilines is 2. The molecule has 0 radical (unpaired) electrons. The van der Waals surface area contributed by atoms with Crippen LogP contribution in [0.4, 0.5) is 11.4 Å². The number of nitrogen functional groups attached to an aromatic ring is 2. The minimum absolute atomic E-state index is 0.594. The lowest BCUT2D eigenvalue weighted by molar-refractivity contribution is 1.44. The maximum absolute atomic E-state index is 7.17. The SMILES string of the molecule is Cc1ccc(-c2ccccc2-c2c(N)c(N)c(-c3ccc(C)cc3)c(-c3ccc(C)cc3)c2-c2ccc(C)cc2)cc1. The van der Waals surface area contributed by atoms with Crippen LogP contribution >= 0.6 is 0 Å². The first-order chi connectivity index (χ1) is 20.3. The van der Waals surface area contributed by atoms with Crippen molar-refractivity contribution in [3.8, 4) is 55.6 Å². The zero-order valence-electron chi connectivity index (χ0n) is 24.7. The van der Waals surface area contributed by atoms with Crippen LogP contribution in [0.3, 0.4) is 0 Å². The summed E-state index contributed by atoms with van der Waals surface area (Å²) in [6.45, 7) is 8.45. The first-order valence-electron chi connectivity index (χ1n) is 14.4. The minimum atomic E-state index is 0.594. The summed E-state index contributed by atoms with van der Waals surface area (Å²) in [4.78, 5) is 0. The molecule has 2 nitrogen and oxygen atoms in total. The fourth-order valence-electron chi connectivity index (χ4n) is 5.79.